The van der Waals surface area contributed by atoms with Crippen molar-refractivity contribution in [3.63, 3.8) is 0 Å². The first-order chi connectivity index (χ1) is 7.54. The second-order valence-electron chi connectivity index (χ2n) is 3.52. The second-order valence-corrected chi connectivity index (χ2v) is 3.52. The predicted octanol–water partition coefficient (Wildman–Crippen LogP) is -0.579. The number of carbonyl (C=O) groups is 3. The molecule has 0 spiro atoms. The number of nitrogens with zero attached hydrogens (tertiary/aromatic N) is 1. The summed E-state index contributed by atoms with van der Waals surface area (Å²) in [4.78, 5) is 34.9. The molecule has 1 heterocycles. The van der Waals surface area contributed by atoms with Gasteiger partial charge in [-0.15, -0.1) is 0 Å². The van der Waals surface area contributed by atoms with Crippen LogP contribution in [0.25, 0.3) is 0 Å². The average molecular weight is 218 g/mol. The smallest absolute Gasteiger partial charge is 0.262 e. The lowest BCUT2D eigenvalue weighted by Gasteiger charge is -2.22. The first kappa shape index (κ1) is 10.4. The van der Waals surface area contributed by atoms with Crippen LogP contribution in [-0.2, 0) is 4.79 Å². The summed E-state index contributed by atoms with van der Waals surface area (Å²) >= 11 is 0. The van der Waals surface area contributed by atoms with Crippen molar-refractivity contribution in [2.75, 3.05) is 0 Å². The molecule has 1 atom stereocenters. The van der Waals surface area contributed by atoms with Gasteiger partial charge in [-0.1, -0.05) is 12.1 Å². The van der Waals surface area contributed by atoms with Crippen LogP contribution >= 0.6 is 0 Å². The highest BCUT2D eigenvalue weighted by Gasteiger charge is 2.38. The van der Waals surface area contributed by atoms with Gasteiger partial charge in [0, 0.05) is 0 Å². The zero-order valence-corrected chi connectivity index (χ0v) is 8.47. The molecular weight excluding hydrogens is 210 g/mol. The van der Waals surface area contributed by atoms with Crippen molar-refractivity contribution in [2.24, 2.45) is 0 Å². The van der Waals surface area contributed by atoms with Crippen molar-refractivity contribution in [3.8, 4) is 0 Å². The van der Waals surface area contributed by atoms with Crippen LogP contribution in [0.2, 0.25) is 0 Å². The normalized spacial score (nSPS) is 16.2. The summed E-state index contributed by atoms with van der Waals surface area (Å²) in [6.45, 7) is 1.25. The fraction of sp³-hybridized carbons (Fsp3) is 0.182. The maximum Gasteiger partial charge on any atom is 0.262 e. The molecule has 1 aromatic rings. The van der Waals surface area contributed by atoms with E-state index in [9.17, 15) is 19.5 Å². The summed E-state index contributed by atoms with van der Waals surface area (Å²) in [6, 6.07) is 4.98. The van der Waals surface area contributed by atoms with Crippen LogP contribution in [0.5, 0.6) is 0 Å². The molecule has 1 aliphatic heterocycles. The summed E-state index contributed by atoms with van der Waals surface area (Å²) < 4.78 is 0. The van der Waals surface area contributed by atoms with E-state index in [1.807, 2.05) is 0 Å². The number of aliphatic carboxylic acids is 1. The first-order valence-corrected chi connectivity index (χ1v) is 4.72. The van der Waals surface area contributed by atoms with Crippen molar-refractivity contribution < 1.29 is 19.5 Å². The highest BCUT2D eigenvalue weighted by Crippen LogP contribution is 2.23. The zero-order valence-electron chi connectivity index (χ0n) is 8.47. The number of hydrogen-bond donors (Lipinski definition) is 0. The monoisotopic (exact) mass is 218 g/mol. The number of rotatable bonds is 2. The molecule has 16 heavy (non-hydrogen) atoms. The van der Waals surface area contributed by atoms with Crippen molar-refractivity contribution in [2.45, 2.75) is 13.0 Å². The van der Waals surface area contributed by atoms with Gasteiger partial charge >= 0.3 is 0 Å². The minimum absolute atomic E-state index is 0.237. The largest absolute Gasteiger partial charge is 0.548 e. The van der Waals surface area contributed by atoms with Crippen LogP contribution in [0.1, 0.15) is 27.6 Å². The molecule has 1 aliphatic rings. The molecule has 0 unspecified atom stereocenters. The van der Waals surface area contributed by atoms with Gasteiger partial charge in [0.2, 0.25) is 0 Å². The topological polar surface area (TPSA) is 77.5 Å². The Morgan fingerprint density at radius 3 is 2.00 bits per heavy atom. The van der Waals surface area contributed by atoms with Gasteiger partial charge in [-0.2, -0.15) is 0 Å². The van der Waals surface area contributed by atoms with Gasteiger partial charge in [0.1, 0.15) is 0 Å². The molecule has 2 amide bonds. The number of benzene rings is 1. The van der Waals surface area contributed by atoms with E-state index in [1.54, 1.807) is 12.1 Å². The maximum atomic E-state index is 11.8. The number of carboxylic acid groups (broad SMARTS) is 1. The third-order valence-corrected chi connectivity index (χ3v) is 2.55. The Balaban J connectivity index is 2.46. The molecule has 2 rings (SSSR count). The lowest BCUT2D eigenvalue weighted by atomic mass is 10.1. The van der Waals surface area contributed by atoms with E-state index >= 15 is 0 Å². The lowest BCUT2D eigenvalue weighted by molar-refractivity contribution is -0.309. The molecule has 0 saturated carbocycles. The van der Waals surface area contributed by atoms with E-state index in [-0.39, 0.29) is 11.1 Å². The Hall–Kier alpha value is -2.17. The molecule has 0 aromatic heterocycles. The van der Waals surface area contributed by atoms with Gasteiger partial charge in [0.15, 0.2) is 0 Å². The van der Waals surface area contributed by atoms with Gasteiger partial charge in [0.05, 0.1) is 23.1 Å². The molecule has 0 radical (unpaired) electrons. The van der Waals surface area contributed by atoms with Gasteiger partial charge in [-0.05, 0) is 19.1 Å². The van der Waals surface area contributed by atoms with Gasteiger partial charge in [-0.3, -0.25) is 14.5 Å². The quantitative estimate of drug-likeness (QED) is 0.622. The summed E-state index contributed by atoms with van der Waals surface area (Å²) in [5.41, 5.74) is 0.473. The molecule has 0 N–H and O–H groups in total. The average Bonchev–Trinajstić information content (AvgIpc) is 2.52. The third kappa shape index (κ3) is 1.29. The summed E-state index contributed by atoms with van der Waals surface area (Å²) in [5, 5.41) is 10.7. The highest BCUT2D eigenvalue weighted by molar-refractivity contribution is 6.22. The Morgan fingerprint density at radius 1 is 1.19 bits per heavy atom. The van der Waals surface area contributed by atoms with E-state index in [2.05, 4.69) is 0 Å². The molecule has 82 valence electrons. The van der Waals surface area contributed by atoms with Gasteiger partial charge < -0.3 is 9.90 Å². The van der Waals surface area contributed by atoms with E-state index < -0.39 is 23.8 Å². The summed E-state index contributed by atoms with van der Waals surface area (Å²) in [6.07, 6.45) is 0. The van der Waals surface area contributed by atoms with E-state index in [1.165, 1.54) is 19.1 Å². The minimum Gasteiger partial charge on any atom is -0.548 e. The molecule has 0 aliphatic carbocycles. The van der Waals surface area contributed by atoms with Crippen molar-refractivity contribution in [1.82, 2.24) is 4.90 Å². The van der Waals surface area contributed by atoms with Crippen LogP contribution in [0.15, 0.2) is 24.3 Å². The molecule has 0 saturated heterocycles. The number of amides is 2. The fourth-order valence-electron chi connectivity index (χ4n) is 1.67. The molecule has 0 bridgehead atoms. The van der Waals surface area contributed by atoms with Gasteiger partial charge in [0.25, 0.3) is 11.8 Å². The van der Waals surface area contributed by atoms with Crippen molar-refractivity contribution in [1.29, 1.82) is 0 Å². The number of hydrogen-bond acceptors (Lipinski definition) is 4. The van der Waals surface area contributed by atoms with E-state index in [0.29, 0.717) is 4.90 Å². The molecular formula is C11H8NO4-. The van der Waals surface area contributed by atoms with E-state index in [4.69, 9.17) is 0 Å². The Morgan fingerprint density at radius 2 is 1.62 bits per heavy atom. The van der Waals surface area contributed by atoms with Crippen LogP contribution < -0.4 is 5.11 Å². The lowest BCUT2D eigenvalue weighted by Crippen LogP contribution is -2.48. The Kier molecular flexibility index (Phi) is 2.23. The minimum atomic E-state index is -1.45. The van der Waals surface area contributed by atoms with Crippen molar-refractivity contribution >= 4 is 17.8 Å². The van der Waals surface area contributed by atoms with E-state index in [0.717, 1.165) is 0 Å². The SMILES string of the molecule is C[C@H](C(=O)[O-])N1C(=O)c2ccccc2C1=O. The second kappa shape index (κ2) is 3.44. The summed E-state index contributed by atoms with van der Waals surface area (Å²) in [5.74, 6) is -2.62. The van der Waals surface area contributed by atoms with Gasteiger partial charge in [-0.25, -0.2) is 0 Å². The number of carboxylic acids is 1. The molecule has 5 nitrogen and oxygen atoms in total. The van der Waals surface area contributed by atoms with Crippen LogP contribution in [0, 0.1) is 0 Å². The highest BCUT2D eigenvalue weighted by atomic mass is 16.4. The summed E-state index contributed by atoms with van der Waals surface area (Å²) in [7, 11) is 0. The molecule has 5 heteroatoms. The first-order valence-electron chi connectivity index (χ1n) is 4.72. The van der Waals surface area contributed by atoms with Crippen molar-refractivity contribution in [3.05, 3.63) is 35.4 Å². The van der Waals surface area contributed by atoms with Crippen LogP contribution in [0.3, 0.4) is 0 Å². The van der Waals surface area contributed by atoms with Crippen LogP contribution in [-0.4, -0.2) is 28.7 Å². The molecule has 0 fully saturated rings. The standard InChI is InChI=1S/C11H9NO4/c1-6(11(15)16)12-9(13)7-4-2-3-5-8(7)10(12)14/h2-6H,1H3,(H,15,16)/p-1/t6-/m1/s1. The maximum absolute atomic E-state index is 11.8. The zero-order chi connectivity index (χ0) is 11.9. The number of fused-ring (bicyclic) bond motifs is 1. The third-order valence-electron chi connectivity index (χ3n) is 2.55. The number of carbonyl (C=O) groups excluding carboxylic acids is 3. The number of imide groups is 1. The Labute approximate surface area is 91.3 Å². The van der Waals surface area contributed by atoms with Crippen LogP contribution in [0.4, 0.5) is 0 Å². The fourth-order valence-corrected chi connectivity index (χ4v) is 1.67. The molecule has 1 aromatic carbocycles. The Bertz CT molecular complexity index is 460. The predicted molar refractivity (Wildman–Crippen MR) is 51.4 cm³/mol.